The highest BCUT2D eigenvalue weighted by atomic mass is 35.5. The van der Waals surface area contributed by atoms with Crippen LogP contribution in [0.25, 0.3) is 6.08 Å². The van der Waals surface area contributed by atoms with E-state index in [0.717, 1.165) is 5.56 Å². The van der Waals surface area contributed by atoms with Crippen molar-refractivity contribution in [2.45, 2.75) is 0 Å². The highest BCUT2D eigenvalue weighted by Gasteiger charge is 2.13. The van der Waals surface area contributed by atoms with Gasteiger partial charge in [-0.1, -0.05) is 23.7 Å². The van der Waals surface area contributed by atoms with Crippen molar-refractivity contribution in [3.05, 3.63) is 64.7 Å². The minimum absolute atomic E-state index is 0.200. The summed E-state index contributed by atoms with van der Waals surface area (Å²) < 4.78 is 15.0. The Kier molecular flexibility index (Phi) is 5.98. The van der Waals surface area contributed by atoms with Crippen LogP contribution in [0.4, 0.5) is 0 Å². The summed E-state index contributed by atoms with van der Waals surface area (Å²) in [6.45, 7) is 0. The molecule has 0 saturated carbocycles. The number of rotatable bonds is 5. The highest BCUT2D eigenvalue weighted by molar-refractivity contribution is 6.30. The Hall–Kier alpha value is -2.79. The molecule has 0 saturated heterocycles. The molecule has 0 aliphatic carbocycles. The van der Waals surface area contributed by atoms with Gasteiger partial charge < -0.3 is 14.2 Å². The van der Waals surface area contributed by atoms with Crippen LogP contribution < -0.4 is 9.47 Å². The summed E-state index contributed by atoms with van der Waals surface area (Å²) in [6, 6.07) is 11.4. The van der Waals surface area contributed by atoms with Gasteiger partial charge in [-0.2, -0.15) is 0 Å². The van der Waals surface area contributed by atoms with Gasteiger partial charge >= 0.3 is 11.9 Å². The lowest BCUT2D eigenvalue weighted by atomic mass is 10.2. The maximum Gasteiger partial charge on any atom is 0.337 e. The van der Waals surface area contributed by atoms with Gasteiger partial charge in [0.05, 0.1) is 19.8 Å². The fourth-order valence-electron chi connectivity index (χ4n) is 1.91. The molecule has 24 heavy (non-hydrogen) atoms. The molecular weight excluding hydrogens is 332 g/mol. The number of esters is 2. The van der Waals surface area contributed by atoms with Crippen LogP contribution in [0.3, 0.4) is 0 Å². The van der Waals surface area contributed by atoms with Gasteiger partial charge in [-0.25, -0.2) is 9.59 Å². The van der Waals surface area contributed by atoms with Crippen LogP contribution >= 0.6 is 11.6 Å². The van der Waals surface area contributed by atoms with E-state index < -0.39 is 11.9 Å². The van der Waals surface area contributed by atoms with Gasteiger partial charge in [0.15, 0.2) is 11.5 Å². The second kappa shape index (κ2) is 8.17. The van der Waals surface area contributed by atoms with Crippen LogP contribution in [0.5, 0.6) is 11.5 Å². The van der Waals surface area contributed by atoms with Crippen LogP contribution in [-0.2, 0) is 9.53 Å². The van der Waals surface area contributed by atoms with E-state index in [0.29, 0.717) is 10.6 Å². The lowest BCUT2D eigenvalue weighted by molar-refractivity contribution is -0.129. The third-order valence-corrected chi connectivity index (χ3v) is 3.29. The van der Waals surface area contributed by atoms with Gasteiger partial charge in [0.1, 0.15) is 0 Å². The molecule has 0 aromatic heterocycles. The van der Waals surface area contributed by atoms with E-state index in [4.69, 9.17) is 21.1 Å². The first kappa shape index (κ1) is 17.6. The first-order valence-corrected chi connectivity index (χ1v) is 7.33. The van der Waals surface area contributed by atoms with Gasteiger partial charge in [0.2, 0.25) is 0 Å². The molecular formula is C18H15ClO5. The van der Waals surface area contributed by atoms with E-state index in [-0.39, 0.29) is 11.5 Å². The highest BCUT2D eigenvalue weighted by Crippen LogP contribution is 2.28. The molecule has 2 aromatic rings. The van der Waals surface area contributed by atoms with E-state index in [9.17, 15) is 9.59 Å². The second-order valence-corrected chi connectivity index (χ2v) is 5.10. The normalized spacial score (nSPS) is 10.5. The molecule has 2 aromatic carbocycles. The second-order valence-electron chi connectivity index (χ2n) is 4.67. The minimum Gasteiger partial charge on any atom is -0.493 e. The summed E-state index contributed by atoms with van der Waals surface area (Å²) in [6.07, 6.45) is 2.86. The zero-order valence-corrected chi connectivity index (χ0v) is 13.9. The molecule has 0 heterocycles. The van der Waals surface area contributed by atoms with Crippen molar-refractivity contribution < 1.29 is 23.8 Å². The first-order valence-electron chi connectivity index (χ1n) is 6.95. The summed E-state index contributed by atoms with van der Waals surface area (Å²) in [4.78, 5) is 23.4. The van der Waals surface area contributed by atoms with Crippen LogP contribution in [-0.4, -0.2) is 26.2 Å². The van der Waals surface area contributed by atoms with Crippen LogP contribution in [0.1, 0.15) is 15.9 Å². The van der Waals surface area contributed by atoms with Crippen molar-refractivity contribution in [1.29, 1.82) is 0 Å². The largest absolute Gasteiger partial charge is 0.493 e. The molecule has 0 unspecified atom stereocenters. The van der Waals surface area contributed by atoms with E-state index in [1.165, 1.54) is 38.5 Å². The van der Waals surface area contributed by atoms with Crippen LogP contribution in [0.15, 0.2) is 48.5 Å². The SMILES string of the molecule is COC(=O)c1ccc(OC(=O)/C=C/c2cccc(Cl)c2)c(OC)c1. The Morgan fingerprint density at radius 2 is 1.83 bits per heavy atom. The maximum atomic E-state index is 11.9. The average Bonchev–Trinajstić information content (AvgIpc) is 2.59. The summed E-state index contributed by atoms with van der Waals surface area (Å²) in [5, 5.41) is 0.575. The summed E-state index contributed by atoms with van der Waals surface area (Å²) in [5.74, 6) is -0.639. The Morgan fingerprint density at radius 1 is 1.04 bits per heavy atom. The van der Waals surface area contributed by atoms with Gasteiger partial charge in [0.25, 0.3) is 0 Å². The van der Waals surface area contributed by atoms with Crippen molar-refractivity contribution >= 4 is 29.6 Å². The Bertz CT molecular complexity index is 783. The molecule has 0 atom stereocenters. The standard InChI is InChI=1S/C18H15ClO5/c1-22-16-11-13(18(21)23-2)7-8-15(16)24-17(20)9-6-12-4-3-5-14(19)10-12/h3-11H,1-2H3/b9-6+. The molecule has 0 fully saturated rings. The lowest BCUT2D eigenvalue weighted by Crippen LogP contribution is -2.07. The van der Waals surface area contributed by atoms with Crippen LogP contribution in [0, 0.1) is 0 Å². The Morgan fingerprint density at radius 3 is 2.50 bits per heavy atom. The van der Waals surface area contributed by atoms with Crippen molar-refractivity contribution in [1.82, 2.24) is 0 Å². The number of hydrogen-bond acceptors (Lipinski definition) is 5. The zero-order chi connectivity index (χ0) is 17.5. The fraction of sp³-hybridized carbons (Fsp3) is 0.111. The van der Waals surface area contributed by atoms with Gasteiger partial charge in [-0.05, 0) is 42.0 Å². The average molecular weight is 347 g/mol. The molecule has 0 radical (unpaired) electrons. The number of carbonyl (C=O) groups is 2. The van der Waals surface area contributed by atoms with Gasteiger partial charge in [-0.15, -0.1) is 0 Å². The predicted octanol–water partition coefficient (Wildman–Crippen LogP) is 3.75. The van der Waals surface area contributed by atoms with E-state index in [1.807, 2.05) is 0 Å². The molecule has 2 rings (SSSR count). The maximum absolute atomic E-state index is 11.9. The van der Waals surface area contributed by atoms with Gasteiger partial charge in [-0.3, -0.25) is 0 Å². The van der Waals surface area contributed by atoms with Crippen molar-refractivity contribution in [3.8, 4) is 11.5 Å². The number of benzene rings is 2. The quantitative estimate of drug-likeness (QED) is 0.468. The van der Waals surface area contributed by atoms with Gasteiger partial charge in [0, 0.05) is 11.1 Å². The number of hydrogen-bond donors (Lipinski definition) is 0. The lowest BCUT2D eigenvalue weighted by Gasteiger charge is -2.09. The molecule has 0 N–H and O–H groups in total. The van der Waals surface area contributed by atoms with Crippen LogP contribution in [0.2, 0.25) is 5.02 Å². The minimum atomic E-state index is -0.584. The summed E-state index contributed by atoms with van der Waals surface area (Å²) in [7, 11) is 2.69. The Labute approximate surface area is 144 Å². The molecule has 6 heteroatoms. The molecule has 0 bridgehead atoms. The van der Waals surface area contributed by atoms with Crippen molar-refractivity contribution in [3.63, 3.8) is 0 Å². The van der Waals surface area contributed by atoms with E-state index in [2.05, 4.69) is 4.74 Å². The molecule has 5 nitrogen and oxygen atoms in total. The number of ether oxygens (including phenoxy) is 3. The monoisotopic (exact) mass is 346 g/mol. The molecule has 0 amide bonds. The Balaban J connectivity index is 2.12. The molecule has 0 aliphatic heterocycles. The molecule has 0 aliphatic rings. The van der Waals surface area contributed by atoms with E-state index >= 15 is 0 Å². The third kappa shape index (κ3) is 4.60. The van der Waals surface area contributed by atoms with Crippen molar-refractivity contribution in [2.24, 2.45) is 0 Å². The van der Waals surface area contributed by atoms with E-state index in [1.54, 1.807) is 30.3 Å². The predicted molar refractivity (Wildman–Crippen MR) is 90.5 cm³/mol. The fourth-order valence-corrected chi connectivity index (χ4v) is 2.11. The number of halogens is 1. The summed E-state index contributed by atoms with van der Waals surface area (Å²) in [5.41, 5.74) is 1.07. The smallest absolute Gasteiger partial charge is 0.337 e. The molecule has 124 valence electrons. The van der Waals surface area contributed by atoms with Crippen molar-refractivity contribution in [2.75, 3.05) is 14.2 Å². The summed E-state index contributed by atoms with van der Waals surface area (Å²) >= 11 is 5.88. The topological polar surface area (TPSA) is 61.8 Å². The first-order chi connectivity index (χ1) is 11.5. The zero-order valence-electron chi connectivity index (χ0n) is 13.1. The third-order valence-electron chi connectivity index (χ3n) is 3.06. The number of methoxy groups -OCH3 is 2. The molecule has 0 spiro atoms. The number of carbonyl (C=O) groups excluding carboxylic acids is 2.